The molecule has 1 aliphatic rings. The molecular formula is C21H21F3N2O2. The standard InChI is InChI=1S/C21H21F3N2O2/c22-19-7-2-1-4-17(19)15-26-12-10-25(11-13-26)9-8-20(27)16-5-3-6-18(14-16)28-21(23)24/h1-9,14,21H,10-13,15H2/b9-8+. The number of rotatable bonds is 7. The van der Waals surface area contributed by atoms with E-state index < -0.39 is 6.61 Å². The molecular weight excluding hydrogens is 369 g/mol. The third-order valence-electron chi connectivity index (χ3n) is 4.54. The topological polar surface area (TPSA) is 32.8 Å². The van der Waals surface area contributed by atoms with Crippen LogP contribution in [0.25, 0.3) is 0 Å². The molecule has 2 aromatic carbocycles. The van der Waals surface area contributed by atoms with Crippen molar-refractivity contribution >= 4 is 5.78 Å². The van der Waals surface area contributed by atoms with Gasteiger partial charge in [-0.15, -0.1) is 0 Å². The van der Waals surface area contributed by atoms with Crippen molar-refractivity contribution in [2.24, 2.45) is 0 Å². The predicted molar refractivity (Wildman–Crippen MR) is 99.8 cm³/mol. The predicted octanol–water partition coefficient (Wildman–Crippen LogP) is 3.94. The van der Waals surface area contributed by atoms with E-state index in [1.165, 1.54) is 30.3 Å². The number of carbonyl (C=O) groups is 1. The number of nitrogens with zero attached hydrogens (tertiary/aromatic N) is 2. The Morgan fingerprint density at radius 2 is 1.82 bits per heavy atom. The van der Waals surface area contributed by atoms with Gasteiger partial charge in [0, 0.05) is 56.1 Å². The van der Waals surface area contributed by atoms with Crippen molar-refractivity contribution in [2.75, 3.05) is 26.2 Å². The maximum atomic E-state index is 13.8. The number of ketones is 1. The molecule has 0 radical (unpaired) electrons. The summed E-state index contributed by atoms with van der Waals surface area (Å²) in [5, 5.41) is 0. The Hall–Kier alpha value is -2.80. The number of carbonyl (C=O) groups excluding carboxylic acids is 1. The van der Waals surface area contributed by atoms with Gasteiger partial charge in [0.05, 0.1) is 0 Å². The van der Waals surface area contributed by atoms with Crippen molar-refractivity contribution in [3.8, 4) is 5.75 Å². The van der Waals surface area contributed by atoms with Gasteiger partial charge in [0.25, 0.3) is 0 Å². The van der Waals surface area contributed by atoms with E-state index in [-0.39, 0.29) is 22.9 Å². The summed E-state index contributed by atoms with van der Waals surface area (Å²) in [5.74, 6) is -0.530. The highest BCUT2D eigenvalue weighted by molar-refractivity contribution is 6.04. The molecule has 148 valence electrons. The largest absolute Gasteiger partial charge is 0.435 e. The van der Waals surface area contributed by atoms with Crippen molar-refractivity contribution in [2.45, 2.75) is 13.2 Å². The van der Waals surface area contributed by atoms with Gasteiger partial charge in [0.15, 0.2) is 5.78 Å². The normalized spacial score (nSPS) is 15.4. The molecule has 0 N–H and O–H groups in total. The number of hydrogen-bond acceptors (Lipinski definition) is 4. The number of piperazine rings is 1. The second-order valence-corrected chi connectivity index (χ2v) is 6.49. The SMILES string of the molecule is O=C(/C=C/N1CCN(Cc2ccccc2F)CC1)c1cccc(OC(F)F)c1. The van der Waals surface area contributed by atoms with Crippen LogP contribution in [0.5, 0.6) is 5.75 Å². The molecule has 1 saturated heterocycles. The van der Waals surface area contributed by atoms with Gasteiger partial charge in [-0.3, -0.25) is 9.69 Å². The summed E-state index contributed by atoms with van der Waals surface area (Å²) in [6.07, 6.45) is 3.14. The first kappa shape index (κ1) is 19.9. The fourth-order valence-corrected chi connectivity index (χ4v) is 3.03. The molecule has 0 aromatic heterocycles. The smallest absolute Gasteiger partial charge is 0.387 e. The lowest BCUT2D eigenvalue weighted by atomic mass is 10.1. The molecule has 4 nitrogen and oxygen atoms in total. The van der Waals surface area contributed by atoms with Crippen LogP contribution in [0.15, 0.2) is 60.8 Å². The highest BCUT2D eigenvalue weighted by atomic mass is 19.3. The average molecular weight is 390 g/mol. The molecule has 1 heterocycles. The van der Waals surface area contributed by atoms with E-state index >= 15 is 0 Å². The Morgan fingerprint density at radius 1 is 1.07 bits per heavy atom. The Balaban J connectivity index is 1.51. The summed E-state index contributed by atoms with van der Waals surface area (Å²) in [4.78, 5) is 16.4. The zero-order chi connectivity index (χ0) is 19.9. The van der Waals surface area contributed by atoms with E-state index in [2.05, 4.69) is 9.64 Å². The maximum absolute atomic E-state index is 13.8. The zero-order valence-electron chi connectivity index (χ0n) is 15.2. The minimum absolute atomic E-state index is 0.0454. The third kappa shape index (κ3) is 5.60. The number of benzene rings is 2. The molecule has 0 spiro atoms. The summed E-state index contributed by atoms with van der Waals surface area (Å²) in [5.41, 5.74) is 0.958. The van der Waals surface area contributed by atoms with E-state index in [0.717, 1.165) is 13.1 Å². The fraction of sp³-hybridized carbons (Fsp3) is 0.286. The maximum Gasteiger partial charge on any atom is 0.387 e. The number of alkyl halides is 2. The quantitative estimate of drug-likeness (QED) is 0.530. The van der Waals surface area contributed by atoms with Crippen molar-refractivity contribution in [3.63, 3.8) is 0 Å². The summed E-state index contributed by atoms with van der Waals surface area (Å²) in [7, 11) is 0. The average Bonchev–Trinajstić information content (AvgIpc) is 2.68. The van der Waals surface area contributed by atoms with Crippen molar-refractivity contribution in [1.29, 1.82) is 0 Å². The van der Waals surface area contributed by atoms with Crippen LogP contribution < -0.4 is 4.74 Å². The Bertz CT molecular complexity index is 834. The van der Waals surface area contributed by atoms with Gasteiger partial charge < -0.3 is 9.64 Å². The lowest BCUT2D eigenvalue weighted by Crippen LogP contribution is -2.43. The van der Waals surface area contributed by atoms with E-state index in [4.69, 9.17) is 0 Å². The molecule has 3 rings (SSSR count). The van der Waals surface area contributed by atoms with Crippen LogP contribution >= 0.6 is 0 Å². The van der Waals surface area contributed by atoms with Gasteiger partial charge in [0.1, 0.15) is 11.6 Å². The molecule has 0 aliphatic carbocycles. The first-order valence-electron chi connectivity index (χ1n) is 8.98. The van der Waals surface area contributed by atoms with Crippen molar-refractivity contribution in [1.82, 2.24) is 9.80 Å². The number of allylic oxidation sites excluding steroid dienone is 1. The third-order valence-corrected chi connectivity index (χ3v) is 4.54. The molecule has 1 aliphatic heterocycles. The lowest BCUT2D eigenvalue weighted by Gasteiger charge is -2.34. The van der Waals surface area contributed by atoms with E-state index in [0.29, 0.717) is 25.2 Å². The molecule has 0 atom stereocenters. The first-order chi connectivity index (χ1) is 13.5. The molecule has 0 amide bonds. The van der Waals surface area contributed by atoms with E-state index in [1.807, 2.05) is 11.0 Å². The summed E-state index contributed by atoms with van der Waals surface area (Å²) < 4.78 is 42.6. The fourth-order valence-electron chi connectivity index (χ4n) is 3.03. The van der Waals surface area contributed by atoms with E-state index in [9.17, 15) is 18.0 Å². The molecule has 0 bridgehead atoms. The van der Waals surface area contributed by atoms with Gasteiger partial charge in [-0.05, 0) is 18.2 Å². The zero-order valence-corrected chi connectivity index (χ0v) is 15.2. The highest BCUT2D eigenvalue weighted by Gasteiger charge is 2.16. The van der Waals surface area contributed by atoms with Crippen molar-refractivity contribution < 1.29 is 22.7 Å². The van der Waals surface area contributed by atoms with Crippen LogP contribution in [0.3, 0.4) is 0 Å². The first-order valence-corrected chi connectivity index (χ1v) is 8.98. The Labute approximate surface area is 161 Å². The second-order valence-electron chi connectivity index (χ2n) is 6.49. The number of hydrogen-bond donors (Lipinski definition) is 0. The summed E-state index contributed by atoms with van der Waals surface area (Å²) >= 11 is 0. The van der Waals surface area contributed by atoms with E-state index in [1.54, 1.807) is 24.4 Å². The summed E-state index contributed by atoms with van der Waals surface area (Å²) in [6, 6.07) is 12.5. The Morgan fingerprint density at radius 3 is 2.54 bits per heavy atom. The van der Waals surface area contributed by atoms with Gasteiger partial charge in [-0.2, -0.15) is 8.78 Å². The van der Waals surface area contributed by atoms with Gasteiger partial charge in [0.2, 0.25) is 0 Å². The van der Waals surface area contributed by atoms with Crippen LogP contribution in [0.2, 0.25) is 0 Å². The van der Waals surface area contributed by atoms with Gasteiger partial charge in [-0.1, -0.05) is 30.3 Å². The molecule has 28 heavy (non-hydrogen) atoms. The number of halogens is 3. The molecule has 1 fully saturated rings. The van der Waals surface area contributed by atoms with Crippen molar-refractivity contribution in [3.05, 3.63) is 77.8 Å². The van der Waals surface area contributed by atoms with Crippen LogP contribution in [-0.2, 0) is 6.54 Å². The van der Waals surface area contributed by atoms with Crippen LogP contribution in [0.1, 0.15) is 15.9 Å². The minimum atomic E-state index is -2.93. The second kappa shape index (κ2) is 9.41. The molecule has 2 aromatic rings. The highest BCUT2D eigenvalue weighted by Crippen LogP contribution is 2.17. The Kier molecular flexibility index (Phi) is 6.71. The van der Waals surface area contributed by atoms with Crippen LogP contribution in [-0.4, -0.2) is 48.4 Å². The van der Waals surface area contributed by atoms with Crippen LogP contribution in [0, 0.1) is 5.82 Å². The van der Waals surface area contributed by atoms with Gasteiger partial charge in [-0.25, -0.2) is 4.39 Å². The summed E-state index contributed by atoms with van der Waals surface area (Å²) in [6.45, 7) is 0.566. The van der Waals surface area contributed by atoms with Crippen LogP contribution in [0.4, 0.5) is 13.2 Å². The number of ether oxygens (including phenoxy) is 1. The van der Waals surface area contributed by atoms with Gasteiger partial charge >= 0.3 is 6.61 Å². The molecule has 0 saturated carbocycles. The monoisotopic (exact) mass is 390 g/mol. The minimum Gasteiger partial charge on any atom is -0.435 e. The molecule has 7 heteroatoms. The lowest BCUT2D eigenvalue weighted by molar-refractivity contribution is -0.0498. The molecule has 0 unspecified atom stereocenters.